The maximum Gasteiger partial charge on any atom is 0.236 e. The van der Waals surface area contributed by atoms with Gasteiger partial charge >= 0.3 is 0 Å². The highest BCUT2D eigenvalue weighted by Gasteiger charge is 2.20. The minimum atomic E-state index is 0.207. The van der Waals surface area contributed by atoms with Crippen molar-refractivity contribution in [2.45, 2.75) is 32.4 Å². The Balaban J connectivity index is 1.78. The zero-order valence-electron chi connectivity index (χ0n) is 12.5. The van der Waals surface area contributed by atoms with Gasteiger partial charge in [-0.25, -0.2) is 0 Å². The molecule has 1 amide bonds. The summed E-state index contributed by atoms with van der Waals surface area (Å²) in [7, 11) is 1.89. The third-order valence-corrected chi connectivity index (χ3v) is 4.71. The van der Waals surface area contributed by atoms with Crippen LogP contribution in [0, 0.1) is 0 Å². The predicted molar refractivity (Wildman–Crippen MR) is 83.9 cm³/mol. The Hall–Kier alpha value is -0.910. The normalized spacial score (nSPS) is 18.6. The number of hydrogen-bond donors (Lipinski definition) is 1. The fourth-order valence-electron chi connectivity index (χ4n) is 2.57. The lowest BCUT2D eigenvalue weighted by atomic mass is 10.2. The van der Waals surface area contributed by atoms with E-state index < -0.39 is 0 Å². The largest absolute Gasteiger partial charge is 0.340 e. The van der Waals surface area contributed by atoms with E-state index in [9.17, 15) is 4.79 Å². The van der Waals surface area contributed by atoms with Gasteiger partial charge in [-0.1, -0.05) is 13.0 Å². The average molecular weight is 295 g/mol. The first-order valence-electron chi connectivity index (χ1n) is 7.41. The van der Waals surface area contributed by atoms with Crippen LogP contribution in [0.3, 0.4) is 0 Å². The van der Waals surface area contributed by atoms with Gasteiger partial charge in [0.25, 0.3) is 0 Å². The van der Waals surface area contributed by atoms with E-state index in [1.807, 2.05) is 18.0 Å². The molecule has 1 unspecified atom stereocenters. The van der Waals surface area contributed by atoms with Gasteiger partial charge in [0.2, 0.25) is 5.91 Å². The second-order valence-electron chi connectivity index (χ2n) is 5.45. The van der Waals surface area contributed by atoms with Crippen molar-refractivity contribution in [2.75, 3.05) is 33.2 Å². The van der Waals surface area contributed by atoms with Gasteiger partial charge < -0.3 is 10.2 Å². The quantitative estimate of drug-likeness (QED) is 0.833. The van der Waals surface area contributed by atoms with Crippen LogP contribution in [0.25, 0.3) is 0 Å². The number of amides is 1. The number of rotatable bonds is 7. The van der Waals surface area contributed by atoms with Gasteiger partial charge in [-0.15, -0.1) is 11.3 Å². The molecule has 0 aromatic carbocycles. The molecule has 0 saturated carbocycles. The number of nitrogens with zero attached hydrogens (tertiary/aromatic N) is 2. The molecule has 1 aromatic rings. The summed E-state index contributed by atoms with van der Waals surface area (Å²) in [5.74, 6) is 0.207. The molecule has 1 aliphatic heterocycles. The Bertz CT molecular complexity index is 401. The summed E-state index contributed by atoms with van der Waals surface area (Å²) in [6.45, 7) is 6.40. The van der Waals surface area contributed by atoms with E-state index in [2.05, 4.69) is 28.6 Å². The van der Waals surface area contributed by atoms with Crippen LogP contribution in [-0.2, 0) is 11.3 Å². The van der Waals surface area contributed by atoms with Crippen molar-refractivity contribution in [1.29, 1.82) is 0 Å². The Morgan fingerprint density at radius 3 is 3.00 bits per heavy atom. The molecule has 1 saturated heterocycles. The van der Waals surface area contributed by atoms with E-state index in [-0.39, 0.29) is 5.91 Å². The van der Waals surface area contributed by atoms with Crippen molar-refractivity contribution in [3.8, 4) is 0 Å². The monoisotopic (exact) mass is 295 g/mol. The fraction of sp³-hybridized carbons (Fsp3) is 0.667. The summed E-state index contributed by atoms with van der Waals surface area (Å²) >= 11 is 1.70. The Labute approximate surface area is 125 Å². The molecule has 5 heteroatoms. The van der Waals surface area contributed by atoms with Gasteiger partial charge in [0.05, 0.1) is 13.1 Å². The van der Waals surface area contributed by atoms with Gasteiger partial charge in [-0.2, -0.15) is 0 Å². The van der Waals surface area contributed by atoms with E-state index in [1.54, 1.807) is 11.3 Å². The lowest BCUT2D eigenvalue weighted by Crippen LogP contribution is -2.43. The highest BCUT2D eigenvalue weighted by Crippen LogP contribution is 2.11. The maximum absolute atomic E-state index is 12.3. The van der Waals surface area contributed by atoms with Crippen molar-refractivity contribution in [3.05, 3.63) is 22.4 Å². The standard InChI is InChI=1S/C15H25N3OS/c1-3-18(10-13-6-4-8-16-13)12-15(19)17(2)11-14-7-5-9-20-14/h5,7,9,13,16H,3-4,6,8,10-12H2,1-2H3. The predicted octanol–water partition coefficient (Wildman–Crippen LogP) is 1.78. The number of carbonyl (C=O) groups is 1. The number of thiophene rings is 1. The minimum absolute atomic E-state index is 0.207. The Morgan fingerprint density at radius 2 is 2.40 bits per heavy atom. The van der Waals surface area contributed by atoms with Gasteiger partial charge in [0, 0.05) is 24.5 Å². The molecule has 0 aliphatic carbocycles. The molecule has 1 fully saturated rings. The van der Waals surface area contributed by atoms with Gasteiger partial charge in [-0.3, -0.25) is 9.69 Å². The third-order valence-electron chi connectivity index (χ3n) is 3.85. The highest BCUT2D eigenvalue weighted by molar-refractivity contribution is 7.09. The van der Waals surface area contributed by atoms with Gasteiger partial charge in [-0.05, 0) is 37.4 Å². The molecule has 1 atom stereocenters. The van der Waals surface area contributed by atoms with Crippen molar-refractivity contribution < 1.29 is 4.79 Å². The second-order valence-corrected chi connectivity index (χ2v) is 6.48. The highest BCUT2D eigenvalue weighted by atomic mass is 32.1. The van der Waals surface area contributed by atoms with Crippen molar-refractivity contribution in [2.24, 2.45) is 0 Å². The molecule has 112 valence electrons. The van der Waals surface area contributed by atoms with Crippen molar-refractivity contribution in [1.82, 2.24) is 15.1 Å². The van der Waals surface area contributed by atoms with E-state index in [0.29, 0.717) is 12.6 Å². The zero-order valence-corrected chi connectivity index (χ0v) is 13.3. The van der Waals surface area contributed by atoms with Gasteiger partial charge in [0.15, 0.2) is 0 Å². The number of hydrogen-bond acceptors (Lipinski definition) is 4. The Morgan fingerprint density at radius 1 is 1.55 bits per heavy atom. The summed E-state index contributed by atoms with van der Waals surface area (Å²) < 4.78 is 0. The minimum Gasteiger partial charge on any atom is -0.340 e. The summed E-state index contributed by atoms with van der Waals surface area (Å²) in [5.41, 5.74) is 0. The summed E-state index contributed by atoms with van der Waals surface area (Å²) in [4.78, 5) is 17.6. The third kappa shape index (κ3) is 4.58. The van der Waals surface area contributed by atoms with Crippen LogP contribution >= 0.6 is 11.3 Å². The SMILES string of the molecule is CCN(CC(=O)N(C)Cc1cccs1)CC1CCCN1. The van der Waals surface area contributed by atoms with Crippen LogP contribution in [0.5, 0.6) is 0 Å². The van der Waals surface area contributed by atoms with Crippen LogP contribution in [-0.4, -0.2) is 55.0 Å². The lowest BCUT2D eigenvalue weighted by molar-refractivity contribution is -0.131. The first kappa shape index (κ1) is 15.5. The fourth-order valence-corrected chi connectivity index (χ4v) is 3.32. The van der Waals surface area contributed by atoms with Crippen LogP contribution in [0.15, 0.2) is 17.5 Å². The molecular weight excluding hydrogens is 270 g/mol. The molecule has 2 rings (SSSR count). The number of carbonyl (C=O) groups excluding carboxylic acids is 1. The number of likely N-dealkylation sites (N-methyl/N-ethyl adjacent to an activating group) is 2. The van der Waals surface area contributed by atoms with Crippen LogP contribution in [0.1, 0.15) is 24.6 Å². The van der Waals surface area contributed by atoms with Crippen LogP contribution < -0.4 is 5.32 Å². The van der Waals surface area contributed by atoms with E-state index in [4.69, 9.17) is 0 Å². The molecule has 1 N–H and O–H groups in total. The van der Waals surface area contributed by atoms with Crippen molar-refractivity contribution in [3.63, 3.8) is 0 Å². The maximum atomic E-state index is 12.3. The molecule has 0 spiro atoms. The Kier molecular flexibility index (Phi) is 6.01. The summed E-state index contributed by atoms with van der Waals surface area (Å²) in [5, 5.41) is 5.55. The molecule has 1 aromatic heterocycles. The first-order chi connectivity index (χ1) is 9.69. The number of nitrogens with one attached hydrogen (secondary N) is 1. The molecule has 0 bridgehead atoms. The van der Waals surface area contributed by atoms with Crippen LogP contribution in [0.2, 0.25) is 0 Å². The topological polar surface area (TPSA) is 35.6 Å². The van der Waals surface area contributed by atoms with Gasteiger partial charge in [0.1, 0.15) is 0 Å². The molecule has 4 nitrogen and oxygen atoms in total. The average Bonchev–Trinajstić information content (AvgIpc) is 3.11. The van der Waals surface area contributed by atoms with E-state index in [1.165, 1.54) is 17.7 Å². The lowest BCUT2D eigenvalue weighted by Gasteiger charge is -2.26. The van der Waals surface area contributed by atoms with Crippen molar-refractivity contribution >= 4 is 17.2 Å². The zero-order chi connectivity index (χ0) is 14.4. The van der Waals surface area contributed by atoms with E-state index in [0.717, 1.165) is 26.2 Å². The molecule has 2 heterocycles. The first-order valence-corrected chi connectivity index (χ1v) is 8.29. The smallest absolute Gasteiger partial charge is 0.236 e. The summed E-state index contributed by atoms with van der Waals surface area (Å²) in [6, 6.07) is 4.67. The molecule has 0 radical (unpaired) electrons. The van der Waals surface area contributed by atoms with E-state index >= 15 is 0 Å². The molecular formula is C15H25N3OS. The van der Waals surface area contributed by atoms with Crippen LogP contribution in [0.4, 0.5) is 0 Å². The molecule has 1 aliphatic rings. The second kappa shape index (κ2) is 7.76. The molecule has 20 heavy (non-hydrogen) atoms. The summed E-state index contributed by atoms with van der Waals surface area (Å²) in [6.07, 6.45) is 2.49.